The summed E-state index contributed by atoms with van der Waals surface area (Å²) in [5, 5.41) is 8.24. The molecule has 0 aliphatic heterocycles. The second-order valence-corrected chi connectivity index (χ2v) is 27.1. The van der Waals surface area contributed by atoms with Crippen LogP contribution in [0.1, 0.15) is 12.3 Å². The van der Waals surface area contributed by atoms with Crippen LogP contribution in [0.2, 0.25) is 25.9 Å². The molecule has 540 valence electrons. The standard InChI is InChI=1S/C24H15ClN2.2C20H13ClN2.C19H12ClN3.C14H9ClN2/c25-18-14-12-17(13-15-18)24-26-22-11-4-3-9-21(22)23(27-24)20-10-5-7-16-6-1-2-8-19(16)20;21-20-22-18-12-5-4-11-17(18)19(23-20)16-10-6-9-15(13-16)14-7-2-1-3-8-14;21-16-12-10-15(11-13-16)20-22-18-9-5-4-8-17(18)19(23-20)14-6-2-1-3-7-14;20-19-22-16-9-5-4-8-15(16)18(23-19)17-11-10-14(12-21-17)13-6-2-1-3-7-13;15-14-16-12-9-5-4-8-11(12)13(17-14)10-6-2-1-3-7-10/h1-15H;2*1-13H;1-12H;1-9H/i;6D,9D,10D,13D;;;1D,2D,3D,6D,7D. The molecule has 0 aliphatic carbocycles. The summed E-state index contributed by atoms with van der Waals surface area (Å²) in [6.07, 6.45) is 1.86. The minimum Gasteiger partial charge on any atom is -0.254 e. The lowest BCUT2D eigenvalue weighted by molar-refractivity contribution is 1.20. The molecule has 20 aromatic rings. The fourth-order valence-corrected chi connectivity index (χ4v) is 13.5. The van der Waals surface area contributed by atoms with Gasteiger partial charge in [-0.3, -0.25) is 4.98 Å². The van der Waals surface area contributed by atoms with Gasteiger partial charge >= 0.3 is 0 Å². The van der Waals surface area contributed by atoms with Gasteiger partial charge in [0, 0.05) is 82.1 Å². The lowest BCUT2D eigenvalue weighted by Gasteiger charge is -2.11. The summed E-state index contributed by atoms with van der Waals surface area (Å²) in [6.45, 7) is 0. The largest absolute Gasteiger partial charge is 0.254 e. The van der Waals surface area contributed by atoms with Crippen LogP contribution >= 0.6 is 58.0 Å². The van der Waals surface area contributed by atoms with Crippen LogP contribution in [0.4, 0.5) is 0 Å². The van der Waals surface area contributed by atoms with Crippen LogP contribution in [0.15, 0.2) is 376 Å². The van der Waals surface area contributed by atoms with Crippen LogP contribution in [0.5, 0.6) is 0 Å². The van der Waals surface area contributed by atoms with Gasteiger partial charge in [-0.2, -0.15) is 0 Å². The highest BCUT2D eigenvalue weighted by Crippen LogP contribution is 2.37. The molecule has 0 radical (unpaired) electrons. The lowest BCUT2D eigenvalue weighted by atomic mass is 9.99. The van der Waals surface area contributed by atoms with Gasteiger partial charge in [0.05, 0.1) is 68.4 Å². The van der Waals surface area contributed by atoms with E-state index in [1.54, 1.807) is 48.5 Å². The van der Waals surface area contributed by atoms with Crippen molar-refractivity contribution in [2.75, 3.05) is 0 Å². The van der Waals surface area contributed by atoms with E-state index < -0.39 is 18.1 Å². The Morgan fingerprint density at radius 3 is 1.08 bits per heavy atom. The number of hydrogen-bond donors (Lipinski definition) is 0. The molecule has 0 atom stereocenters. The van der Waals surface area contributed by atoms with Gasteiger partial charge in [0.25, 0.3) is 0 Å². The molecular weight excluding hydrogens is 1500 g/mol. The monoisotopic (exact) mass is 1560 g/mol. The zero-order valence-corrected chi connectivity index (χ0v) is 63.2. The SMILES string of the molecule is Clc1ccc(-c2nc(-c3cccc4ccccc34)c3ccccc3n2)cc1.Clc1ccc(-c2nc(-c3ccccc3)c3ccccc3n2)cc1.Clc1nc(-c2ccc(-c3ccccc3)cn2)c2ccccc2n1.[2H]c1c([2H])c(-c2ccccc2)c([2H])c(-c2nc(Cl)nc3ccccc23)c1[2H].[2H]c1c([2H])c([2H])c(-c2nc(Cl)nc3ccccc23)c([2H])c1[2H]. The van der Waals surface area contributed by atoms with Crippen LogP contribution in [0.3, 0.4) is 0 Å². The van der Waals surface area contributed by atoms with Crippen LogP contribution < -0.4 is 0 Å². The number of aromatic nitrogens is 11. The number of pyridine rings is 1. The molecule has 0 aliphatic rings. The molecule has 0 saturated heterocycles. The predicted molar refractivity (Wildman–Crippen MR) is 467 cm³/mol. The van der Waals surface area contributed by atoms with Gasteiger partial charge in [-0.15, -0.1) is 0 Å². The van der Waals surface area contributed by atoms with E-state index in [-0.39, 0.29) is 68.9 Å². The van der Waals surface area contributed by atoms with Crippen molar-refractivity contribution in [3.05, 3.63) is 402 Å². The van der Waals surface area contributed by atoms with Gasteiger partial charge in [0.2, 0.25) is 15.9 Å². The van der Waals surface area contributed by atoms with Gasteiger partial charge in [0.1, 0.15) is 5.69 Å². The maximum atomic E-state index is 8.72. The van der Waals surface area contributed by atoms with E-state index in [0.29, 0.717) is 60.3 Å². The van der Waals surface area contributed by atoms with E-state index in [1.807, 2.05) is 194 Å². The van der Waals surface area contributed by atoms with Gasteiger partial charge in [-0.05, 0) is 153 Å². The topological polar surface area (TPSA) is 142 Å². The summed E-state index contributed by atoms with van der Waals surface area (Å²) >= 11 is 30.1. The van der Waals surface area contributed by atoms with Crippen molar-refractivity contribution in [1.82, 2.24) is 54.8 Å². The fraction of sp³-hybridized carbons (Fsp3) is 0. The third-order valence-corrected chi connectivity index (χ3v) is 19.0. The van der Waals surface area contributed by atoms with Crippen molar-refractivity contribution in [3.63, 3.8) is 0 Å². The number of hydrogen-bond acceptors (Lipinski definition) is 11. The first kappa shape index (κ1) is 63.4. The Balaban J connectivity index is 0.000000113. The molecule has 20 rings (SSSR count). The van der Waals surface area contributed by atoms with Crippen molar-refractivity contribution in [1.29, 1.82) is 0 Å². The molecule has 0 spiro atoms. The van der Waals surface area contributed by atoms with Crippen molar-refractivity contribution >= 4 is 123 Å². The van der Waals surface area contributed by atoms with E-state index in [9.17, 15) is 0 Å². The van der Waals surface area contributed by atoms with E-state index in [0.717, 1.165) is 88.9 Å². The summed E-state index contributed by atoms with van der Waals surface area (Å²) < 4.78 is 72.9. The van der Waals surface area contributed by atoms with Crippen molar-refractivity contribution in [2.45, 2.75) is 0 Å². The van der Waals surface area contributed by atoms with E-state index >= 15 is 0 Å². The molecule has 0 unspecified atom stereocenters. The average molecular weight is 1570 g/mol. The Hall–Kier alpha value is -13.4. The number of fused-ring (bicyclic) bond motifs is 6. The zero-order valence-electron chi connectivity index (χ0n) is 68.4. The quantitative estimate of drug-likeness (QED) is 0.127. The summed E-state index contributed by atoms with van der Waals surface area (Å²) in [7, 11) is 0. The fourth-order valence-electron chi connectivity index (χ4n) is 12.7. The molecule has 0 N–H and O–H groups in total. The Labute approximate surface area is 689 Å². The predicted octanol–water partition coefficient (Wildman–Crippen LogP) is 27.0. The number of rotatable bonds is 9. The average Bonchev–Trinajstić information content (AvgIpc) is 0.748. The molecule has 0 amide bonds. The van der Waals surface area contributed by atoms with Gasteiger partial charge < -0.3 is 0 Å². The van der Waals surface area contributed by atoms with E-state index in [1.165, 1.54) is 10.8 Å². The summed E-state index contributed by atoms with van der Waals surface area (Å²) in [6, 6.07) is 99.1. The first-order valence-electron chi connectivity index (χ1n) is 39.9. The van der Waals surface area contributed by atoms with Crippen LogP contribution in [0, 0.1) is 0 Å². The third kappa shape index (κ3) is 17.3. The molecule has 6 heterocycles. The van der Waals surface area contributed by atoms with Crippen molar-refractivity contribution < 1.29 is 12.3 Å². The Morgan fingerprint density at radius 2 is 0.584 bits per heavy atom. The van der Waals surface area contributed by atoms with Gasteiger partial charge in [-0.25, -0.2) is 49.8 Å². The van der Waals surface area contributed by atoms with Gasteiger partial charge in [0.15, 0.2) is 11.6 Å². The molecule has 0 fully saturated rings. The van der Waals surface area contributed by atoms with Crippen LogP contribution in [-0.2, 0) is 0 Å². The Morgan fingerprint density at radius 1 is 0.221 bits per heavy atom. The van der Waals surface area contributed by atoms with Crippen molar-refractivity contribution in [2.24, 2.45) is 0 Å². The highest BCUT2D eigenvalue weighted by Gasteiger charge is 2.17. The van der Waals surface area contributed by atoms with Crippen LogP contribution in [0.25, 0.3) is 167 Å². The van der Waals surface area contributed by atoms with Gasteiger partial charge in [-0.1, -0.05) is 302 Å². The first-order valence-corrected chi connectivity index (χ1v) is 37.3. The molecule has 113 heavy (non-hydrogen) atoms. The maximum Gasteiger partial charge on any atom is 0.223 e. The summed E-state index contributed by atoms with van der Waals surface area (Å²) in [5.41, 5.74) is 15.2. The lowest BCUT2D eigenvalue weighted by Crippen LogP contribution is -1.95. The second kappa shape index (κ2) is 34.7. The van der Waals surface area contributed by atoms with E-state index in [2.05, 4.69) is 114 Å². The molecule has 11 nitrogen and oxygen atoms in total. The number of nitrogens with zero attached hydrogens (tertiary/aromatic N) is 11. The Kier molecular flexibility index (Phi) is 19.5. The highest BCUT2D eigenvalue weighted by atomic mass is 35.5. The highest BCUT2D eigenvalue weighted by molar-refractivity contribution is 6.31. The minimum atomic E-state index is -0.441. The summed E-state index contributed by atoms with van der Waals surface area (Å²) in [4.78, 5) is 49.1. The molecule has 6 aromatic heterocycles. The summed E-state index contributed by atoms with van der Waals surface area (Å²) in [5.74, 6) is 1.41. The molecule has 0 saturated carbocycles. The molecule has 0 bridgehead atoms. The third-order valence-electron chi connectivity index (χ3n) is 18.0. The van der Waals surface area contributed by atoms with Crippen molar-refractivity contribution in [3.8, 4) is 101 Å². The van der Waals surface area contributed by atoms with E-state index in [4.69, 9.17) is 90.3 Å². The molecular formula is C97H62Cl5N11. The zero-order chi connectivity index (χ0) is 84.7. The van der Waals surface area contributed by atoms with Crippen LogP contribution in [-0.4, -0.2) is 54.8 Å². The molecule has 14 aromatic carbocycles. The molecule has 16 heteroatoms. The first-order chi connectivity index (χ1) is 59.3. The smallest absolute Gasteiger partial charge is 0.223 e. The minimum absolute atomic E-state index is 0.00485. The number of halogens is 5. The number of para-hydroxylation sites is 5. The second-order valence-electron chi connectivity index (χ2n) is 25.2. The Bertz CT molecular complexity index is 7300. The maximum absolute atomic E-state index is 8.72. The normalized spacial score (nSPS) is 12.0. The number of benzene rings is 14.